The Morgan fingerprint density at radius 1 is 1.06 bits per heavy atom. The summed E-state index contributed by atoms with van der Waals surface area (Å²) in [6, 6.07) is 0.578. The van der Waals surface area contributed by atoms with Gasteiger partial charge in [0.25, 0.3) is 0 Å². The summed E-state index contributed by atoms with van der Waals surface area (Å²) in [6.07, 6.45) is -5.31. The predicted molar refractivity (Wildman–Crippen MR) is 45.3 cm³/mol. The van der Waals surface area contributed by atoms with Crippen LogP contribution in [-0.4, -0.2) is 17.8 Å². The van der Waals surface area contributed by atoms with Crippen molar-refractivity contribution < 1.29 is 31.4 Å². The summed E-state index contributed by atoms with van der Waals surface area (Å²) in [5, 5.41) is 9.24. The van der Waals surface area contributed by atoms with Gasteiger partial charge in [0.2, 0.25) is 5.60 Å². The lowest BCUT2D eigenvalue weighted by atomic mass is 9.92. The molecule has 0 radical (unpaired) electrons. The van der Waals surface area contributed by atoms with Crippen LogP contribution in [-0.2, 0) is 5.60 Å². The van der Waals surface area contributed by atoms with Crippen LogP contribution >= 0.6 is 0 Å². The molecule has 0 aliphatic rings. The highest BCUT2D eigenvalue weighted by atomic mass is 19.4. The van der Waals surface area contributed by atoms with Crippen molar-refractivity contribution in [1.29, 1.82) is 0 Å². The second-order valence-electron chi connectivity index (χ2n) is 3.29. The van der Waals surface area contributed by atoms with E-state index in [1.807, 2.05) is 0 Å². The van der Waals surface area contributed by atoms with Gasteiger partial charge in [0, 0.05) is 12.1 Å². The maximum atomic E-state index is 13.1. The molecular weight excluding hydrogens is 252 g/mol. The molecule has 96 valence electrons. The molecule has 1 atom stereocenters. The van der Waals surface area contributed by atoms with Crippen LogP contribution in [0.2, 0.25) is 0 Å². The second-order valence-corrected chi connectivity index (χ2v) is 3.29. The lowest BCUT2D eigenvalue weighted by Crippen LogP contribution is -2.49. The summed E-state index contributed by atoms with van der Waals surface area (Å²) in [7, 11) is 0. The zero-order valence-corrected chi connectivity index (χ0v) is 8.15. The Morgan fingerprint density at radius 2 is 1.59 bits per heavy atom. The number of hydrogen-bond acceptors (Lipinski definition) is 2. The van der Waals surface area contributed by atoms with E-state index in [-0.39, 0.29) is 6.07 Å². The molecule has 1 aromatic carbocycles. The van der Waals surface area contributed by atoms with Crippen LogP contribution in [0.15, 0.2) is 12.1 Å². The molecule has 0 saturated carbocycles. The zero-order valence-electron chi connectivity index (χ0n) is 8.15. The third-order valence-corrected chi connectivity index (χ3v) is 2.25. The summed E-state index contributed by atoms with van der Waals surface area (Å²) in [4.78, 5) is 0. The largest absolute Gasteiger partial charge is 0.422 e. The number of alkyl halides is 3. The number of halogens is 6. The fourth-order valence-electron chi connectivity index (χ4n) is 1.22. The maximum absolute atomic E-state index is 13.1. The molecule has 17 heavy (non-hydrogen) atoms. The fourth-order valence-corrected chi connectivity index (χ4v) is 1.22. The highest BCUT2D eigenvalue weighted by Crippen LogP contribution is 2.39. The van der Waals surface area contributed by atoms with E-state index in [1.165, 1.54) is 0 Å². The van der Waals surface area contributed by atoms with Crippen molar-refractivity contribution in [2.45, 2.75) is 11.8 Å². The first kappa shape index (κ1) is 13.8. The predicted octanol–water partition coefficient (Wildman–Crippen LogP) is 1.81. The van der Waals surface area contributed by atoms with Gasteiger partial charge in [-0.05, 0) is 12.1 Å². The Kier molecular flexibility index (Phi) is 3.40. The van der Waals surface area contributed by atoms with Crippen LogP contribution in [0.1, 0.15) is 5.56 Å². The van der Waals surface area contributed by atoms with Gasteiger partial charge in [0.15, 0.2) is 17.5 Å². The standard InChI is InChI=1S/C9H7F6NO/c10-5-2-1-4(6(11)7(5)12)8(17,3-16)9(13,14)15/h1-2,17H,3,16H2. The van der Waals surface area contributed by atoms with E-state index in [1.54, 1.807) is 0 Å². The van der Waals surface area contributed by atoms with Gasteiger partial charge in [-0.1, -0.05) is 0 Å². The zero-order chi connectivity index (χ0) is 13.4. The van der Waals surface area contributed by atoms with E-state index < -0.39 is 41.3 Å². The molecule has 0 aliphatic carbocycles. The molecule has 1 unspecified atom stereocenters. The summed E-state index contributed by atoms with van der Waals surface area (Å²) in [5.41, 5.74) is -0.481. The minimum atomic E-state index is -5.31. The van der Waals surface area contributed by atoms with Crippen LogP contribution in [0.25, 0.3) is 0 Å². The molecule has 0 fully saturated rings. The molecule has 0 bridgehead atoms. The van der Waals surface area contributed by atoms with Crippen molar-refractivity contribution >= 4 is 0 Å². The third kappa shape index (κ3) is 2.09. The molecule has 0 aliphatic heterocycles. The molecular formula is C9H7F6NO. The molecule has 0 aromatic heterocycles. The second kappa shape index (κ2) is 4.19. The highest BCUT2D eigenvalue weighted by molar-refractivity contribution is 5.28. The van der Waals surface area contributed by atoms with Crippen molar-refractivity contribution in [2.75, 3.05) is 6.54 Å². The van der Waals surface area contributed by atoms with E-state index in [0.717, 1.165) is 0 Å². The monoisotopic (exact) mass is 259 g/mol. The molecule has 0 spiro atoms. The van der Waals surface area contributed by atoms with Gasteiger partial charge in [-0.3, -0.25) is 0 Å². The molecule has 0 amide bonds. The van der Waals surface area contributed by atoms with Gasteiger partial charge in [0.05, 0.1) is 0 Å². The summed E-state index contributed by atoms with van der Waals surface area (Å²) < 4.78 is 75.9. The van der Waals surface area contributed by atoms with E-state index in [9.17, 15) is 31.4 Å². The first-order valence-electron chi connectivity index (χ1n) is 4.28. The van der Waals surface area contributed by atoms with Crippen LogP contribution in [0.5, 0.6) is 0 Å². The Hall–Kier alpha value is -1.28. The van der Waals surface area contributed by atoms with Gasteiger partial charge < -0.3 is 10.8 Å². The third-order valence-electron chi connectivity index (χ3n) is 2.25. The van der Waals surface area contributed by atoms with Crippen molar-refractivity contribution in [3.63, 3.8) is 0 Å². The Labute approximate surface area is 91.7 Å². The lowest BCUT2D eigenvalue weighted by molar-refractivity contribution is -0.263. The number of rotatable bonds is 2. The van der Waals surface area contributed by atoms with Crippen molar-refractivity contribution in [3.8, 4) is 0 Å². The molecule has 2 nitrogen and oxygen atoms in total. The SMILES string of the molecule is NCC(O)(c1ccc(F)c(F)c1F)C(F)(F)F. The van der Waals surface area contributed by atoms with E-state index in [2.05, 4.69) is 0 Å². The average Bonchev–Trinajstić information content (AvgIpc) is 2.23. The number of benzene rings is 1. The van der Waals surface area contributed by atoms with Crippen LogP contribution in [0.4, 0.5) is 26.3 Å². The van der Waals surface area contributed by atoms with E-state index in [4.69, 9.17) is 5.73 Å². The molecule has 1 aromatic rings. The fraction of sp³-hybridized carbons (Fsp3) is 0.333. The maximum Gasteiger partial charge on any atom is 0.422 e. The topological polar surface area (TPSA) is 46.2 Å². The Bertz CT molecular complexity index is 432. The first-order valence-corrected chi connectivity index (χ1v) is 4.28. The Morgan fingerprint density at radius 3 is 2.00 bits per heavy atom. The van der Waals surface area contributed by atoms with Crippen LogP contribution in [0.3, 0.4) is 0 Å². The normalized spacial score (nSPS) is 15.8. The number of aliphatic hydroxyl groups is 1. The number of hydrogen-bond donors (Lipinski definition) is 2. The molecule has 3 N–H and O–H groups in total. The van der Waals surface area contributed by atoms with Gasteiger partial charge in [0.1, 0.15) is 0 Å². The number of nitrogens with two attached hydrogens (primary N) is 1. The van der Waals surface area contributed by atoms with Crippen molar-refractivity contribution in [1.82, 2.24) is 0 Å². The van der Waals surface area contributed by atoms with Crippen LogP contribution < -0.4 is 5.73 Å². The van der Waals surface area contributed by atoms with Crippen molar-refractivity contribution in [2.24, 2.45) is 5.73 Å². The molecule has 1 rings (SSSR count). The van der Waals surface area contributed by atoms with Crippen LogP contribution in [0, 0.1) is 17.5 Å². The summed E-state index contributed by atoms with van der Waals surface area (Å²) in [6.45, 7) is -1.42. The van der Waals surface area contributed by atoms with Gasteiger partial charge >= 0.3 is 6.18 Å². The Balaban J connectivity index is 3.47. The first-order chi connectivity index (χ1) is 7.65. The van der Waals surface area contributed by atoms with Gasteiger partial charge in [-0.15, -0.1) is 0 Å². The van der Waals surface area contributed by atoms with E-state index >= 15 is 0 Å². The highest BCUT2D eigenvalue weighted by Gasteiger charge is 2.55. The minimum Gasteiger partial charge on any atom is -0.375 e. The minimum absolute atomic E-state index is 0.278. The summed E-state index contributed by atoms with van der Waals surface area (Å²) >= 11 is 0. The molecule has 0 saturated heterocycles. The lowest BCUT2D eigenvalue weighted by Gasteiger charge is -2.29. The van der Waals surface area contributed by atoms with Gasteiger partial charge in [-0.25, -0.2) is 13.2 Å². The van der Waals surface area contributed by atoms with E-state index in [0.29, 0.717) is 6.07 Å². The summed E-state index contributed by atoms with van der Waals surface area (Å²) in [5.74, 6) is -5.87. The molecule has 8 heteroatoms. The van der Waals surface area contributed by atoms with Gasteiger partial charge in [-0.2, -0.15) is 13.2 Å². The average molecular weight is 259 g/mol. The smallest absolute Gasteiger partial charge is 0.375 e. The molecule has 0 heterocycles. The quantitative estimate of drug-likeness (QED) is 0.628. The van der Waals surface area contributed by atoms with Crippen molar-refractivity contribution in [3.05, 3.63) is 35.1 Å².